The smallest absolute Gasteiger partial charge is 0.0620 e. The Morgan fingerprint density at radius 1 is 1.33 bits per heavy atom. The molecule has 1 saturated carbocycles. The summed E-state index contributed by atoms with van der Waals surface area (Å²) in [6.07, 6.45) is 7.83. The average Bonchev–Trinajstić information content (AvgIpc) is 2.29. The van der Waals surface area contributed by atoms with Gasteiger partial charge in [0.1, 0.15) is 0 Å². The molecule has 0 bridgehead atoms. The van der Waals surface area contributed by atoms with E-state index in [1.54, 1.807) is 0 Å². The van der Waals surface area contributed by atoms with E-state index in [2.05, 4.69) is 13.8 Å². The molecule has 1 rings (SSSR count). The van der Waals surface area contributed by atoms with Crippen molar-refractivity contribution in [2.24, 2.45) is 17.6 Å². The Labute approximate surface area is 94.6 Å². The van der Waals surface area contributed by atoms with Crippen LogP contribution in [0.2, 0.25) is 0 Å². The van der Waals surface area contributed by atoms with Crippen molar-refractivity contribution in [3.8, 4) is 0 Å². The highest BCUT2D eigenvalue weighted by Crippen LogP contribution is 2.32. The molecule has 0 spiro atoms. The van der Waals surface area contributed by atoms with Gasteiger partial charge in [-0.3, -0.25) is 0 Å². The van der Waals surface area contributed by atoms with Gasteiger partial charge in [0.05, 0.1) is 6.61 Å². The lowest BCUT2D eigenvalue weighted by Gasteiger charge is -2.32. The quantitative estimate of drug-likeness (QED) is 0.688. The van der Waals surface area contributed by atoms with Crippen LogP contribution in [0.1, 0.15) is 52.4 Å². The van der Waals surface area contributed by atoms with Gasteiger partial charge >= 0.3 is 0 Å². The molecule has 1 aliphatic carbocycles. The van der Waals surface area contributed by atoms with Crippen LogP contribution in [0, 0.1) is 11.8 Å². The molecule has 1 fully saturated rings. The van der Waals surface area contributed by atoms with E-state index < -0.39 is 0 Å². The number of hydrogen-bond acceptors (Lipinski definition) is 2. The van der Waals surface area contributed by atoms with Crippen molar-refractivity contribution in [3.63, 3.8) is 0 Å². The van der Waals surface area contributed by atoms with Crippen LogP contribution in [-0.4, -0.2) is 19.3 Å². The molecule has 2 N–H and O–H groups in total. The van der Waals surface area contributed by atoms with Gasteiger partial charge in [-0.2, -0.15) is 0 Å². The molecular formula is C13H27NO. The summed E-state index contributed by atoms with van der Waals surface area (Å²) in [4.78, 5) is 0. The zero-order valence-electron chi connectivity index (χ0n) is 10.4. The molecule has 0 aromatic heterocycles. The van der Waals surface area contributed by atoms with E-state index in [-0.39, 0.29) is 6.04 Å². The summed E-state index contributed by atoms with van der Waals surface area (Å²) >= 11 is 0. The Morgan fingerprint density at radius 3 is 2.80 bits per heavy atom. The summed E-state index contributed by atoms with van der Waals surface area (Å²) in [6.45, 7) is 6.05. The van der Waals surface area contributed by atoms with Crippen molar-refractivity contribution < 1.29 is 4.74 Å². The van der Waals surface area contributed by atoms with Gasteiger partial charge in [0.2, 0.25) is 0 Å². The summed E-state index contributed by atoms with van der Waals surface area (Å²) in [5.41, 5.74) is 6.18. The van der Waals surface area contributed by atoms with Crippen LogP contribution < -0.4 is 5.73 Å². The first-order valence-electron chi connectivity index (χ1n) is 6.61. The minimum atomic E-state index is 0.269. The van der Waals surface area contributed by atoms with Crippen molar-refractivity contribution >= 4 is 0 Å². The van der Waals surface area contributed by atoms with Crippen LogP contribution in [0.3, 0.4) is 0 Å². The predicted molar refractivity (Wildman–Crippen MR) is 64.8 cm³/mol. The van der Waals surface area contributed by atoms with Crippen molar-refractivity contribution in [1.29, 1.82) is 0 Å². The van der Waals surface area contributed by atoms with E-state index >= 15 is 0 Å². The Kier molecular flexibility index (Phi) is 6.26. The topological polar surface area (TPSA) is 35.2 Å². The average molecular weight is 213 g/mol. The number of rotatable bonds is 6. The molecule has 0 aliphatic heterocycles. The minimum absolute atomic E-state index is 0.269. The minimum Gasteiger partial charge on any atom is -0.380 e. The highest BCUT2D eigenvalue weighted by molar-refractivity contribution is 4.79. The van der Waals surface area contributed by atoms with Gasteiger partial charge in [-0.1, -0.05) is 33.1 Å². The Balaban J connectivity index is 2.22. The van der Waals surface area contributed by atoms with Crippen LogP contribution in [0.4, 0.5) is 0 Å². The lowest BCUT2D eigenvalue weighted by atomic mass is 9.77. The molecule has 0 amide bonds. The zero-order valence-corrected chi connectivity index (χ0v) is 10.4. The van der Waals surface area contributed by atoms with Crippen LogP contribution in [0.5, 0.6) is 0 Å². The van der Waals surface area contributed by atoms with Crippen LogP contribution in [0.25, 0.3) is 0 Å². The third kappa shape index (κ3) is 4.52. The van der Waals surface area contributed by atoms with E-state index in [1.807, 2.05) is 0 Å². The lowest BCUT2D eigenvalue weighted by Crippen LogP contribution is -2.37. The van der Waals surface area contributed by atoms with Gasteiger partial charge < -0.3 is 10.5 Å². The summed E-state index contributed by atoms with van der Waals surface area (Å²) in [5.74, 6) is 1.63. The van der Waals surface area contributed by atoms with Gasteiger partial charge in [-0.25, -0.2) is 0 Å². The normalized spacial score (nSPS) is 29.0. The molecule has 0 saturated heterocycles. The first-order valence-corrected chi connectivity index (χ1v) is 6.61. The van der Waals surface area contributed by atoms with E-state index in [1.165, 1.54) is 32.1 Å². The standard InChI is InChI=1S/C13H27NO/c1-3-8-15-10-13(14)12-7-5-6-11(4-2)9-12/h11-13H,3-10,14H2,1-2H3. The van der Waals surface area contributed by atoms with Crippen LogP contribution >= 0.6 is 0 Å². The molecule has 0 radical (unpaired) electrons. The Morgan fingerprint density at radius 2 is 2.13 bits per heavy atom. The Hall–Kier alpha value is -0.0800. The molecule has 90 valence electrons. The van der Waals surface area contributed by atoms with Crippen molar-refractivity contribution in [3.05, 3.63) is 0 Å². The monoisotopic (exact) mass is 213 g/mol. The fraction of sp³-hybridized carbons (Fsp3) is 1.00. The highest BCUT2D eigenvalue weighted by atomic mass is 16.5. The molecule has 1 aliphatic rings. The molecule has 2 nitrogen and oxygen atoms in total. The van der Waals surface area contributed by atoms with Gasteiger partial charge in [-0.05, 0) is 31.1 Å². The molecule has 0 heterocycles. The lowest BCUT2D eigenvalue weighted by molar-refractivity contribution is 0.0910. The van der Waals surface area contributed by atoms with Crippen LogP contribution in [0.15, 0.2) is 0 Å². The zero-order chi connectivity index (χ0) is 11.1. The van der Waals surface area contributed by atoms with E-state index in [9.17, 15) is 0 Å². The van der Waals surface area contributed by atoms with Gasteiger partial charge in [-0.15, -0.1) is 0 Å². The summed E-state index contributed by atoms with van der Waals surface area (Å²) in [7, 11) is 0. The maximum Gasteiger partial charge on any atom is 0.0620 e. The molecule has 3 unspecified atom stereocenters. The van der Waals surface area contributed by atoms with Crippen molar-refractivity contribution in [2.75, 3.05) is 13.2 Å². The largest absolute Gasteiger partial charge is 0.380 e. The highest BCUT2D eigenvalue weighted by Gasteiger charge is 2.25. The van der Waals surface area contributed by atoms with Gasteiger partial charge in [0, 0.05) is 12.6 Å². The molecule has 2 heteroatoms. The van der Waals surface area contributed by atoms with E-state index in [0.717, 1.165) is 25.6 Å². The summed E-state index contributed by atoms with van der Waals surface area (Å²) in [5, 5.41) is 0. The second-order valence-corrected chi connectivity index (χ2v) is 4.94. The summed E-state index contributed by atoms with van der Waals surface area (Å²) in [6, 6.07) is 0.269. The number of ether oxygens (including phenoxy) is 1. The van der Waals surface area contributed by atoms with Gasteiger partial charge in [0.15, 0.2) is 0 Å². The van der Waals surface area contributed by atoms with E-state index in [4.69, 9.17) is 10.5 Å². The maximum atomic E-state index is 6.18. The fourth-order valence-electron chi connectivity index (χ4n) is 2.59. The molecule has 0 aromatic rings. The second-order valence-electron chi connectivity index (χ2n) is 4.94. The first-order chi connectivity index (χ1) is 7.27. The number of hydrogen-bond donors (Lipinski definition) is 1. The molecule has 0 aromatic carbocycles. The molecule has 3 atom stereocenters. The summed E-state index contributed by atoms with van der Waals surface area (Å²) < 4.78 is 5.54. The third-order valence-electron chi connectivity index (χ3n) is 3.66. The second kappa shape index (κ2) is 7.24. The maximum absolute atomic E-state index is 6.18. The van der Waals surface area contributed by atoms with Crippen LogP contribution in [-0.2, 0) is 4.74 Å². The fourth-order valence-corrected chi connectivity index (χ4v) is 2.59. The SMILES string of the molecule is CCCOCC(N)C1CCCC(CC)C1. The molecule has 15 heavy (non-hydrogen) atoms. The predicted octanol–water partition coefficient (Wildman–Crippen LogP) is 2.96. The Bertz CT molecular complexity index is 161. The third-order valence-corrected chi connectivity index (χ3v) is 3.66. The van der Waals surface area contributed by atoms with Crippen molar-refractivity contribution in [2.45, 2.75) is 58.4 Å². The number of nitrogens with two attached hydrogens (primary N) is 1. The first kappa shape index (κ1) is 13.0. The van der Waals surface area contributed by atoms with Crippen molar-refractivity contribution in [1.82, 2.24) is 0 Å². The van der Waals surface area contributed by atoms with Gasteiger partial charge in [0.25, 0.3) is 0 Å². The molecular weight excluding hydrogens is 186 g/mol. The van der Waals surface area contributed by atoms with E-state index in [0.29, 0.717) is 5.92 Å².